The van der Waals surface area contributed by atoms with Gasteiger partial charge in [0.05, 0.1) is 6.07 Å². The topological polar surface area (TPSA) is 110 Å². The van der Waals surface area contributed by atoms with E-state index in [1.54, 1.807) is 0 Å². The molecule has 1 aliphatic rings. The second kappa shape index (κ2) is 5.67. The molecule has 0 aromatic carbocycles. The average molecular weight is 241 g/mol. The van der Waals surface area contributed by atoms with E-state index in [1.165, 1.54) is 17.4 Å². The van der Waals surface area contributed by atoms with Crippen LogP contribution in [0.4, 0.5) is 0 Å². The van der Waals surface area contributed by atoms with Crippen molar-refractivity contribution in [1.29, 1.82) is 0 Å². The number of aromatic hydroxyl groups is 1. The Morgan fingerprint density at radius 1 is 1.18 bits per heavy atom. The van der Waals surface area contributed by atoms with Crippen molar-refractivity contribution in [2.24, 2.45) is 0 Å². The molecule has 0 amide bonds. The van der Waals surface area contributed by atoms with Crippen molar-refractivity contribution in [3.63, 3.8) is 0 Å². The van der Waals surface area contributed by atoms with Gasteiger partial charge in [0.2, 0.25) is 5.88 Å². The molecule has 0 saturated heterocycles. The van der Waals surface area contributed by atoms with Gasteiger partial charge < -0.3 is 11.3 Å². The van der Waals surface area contributed by atoms with Crippen LogP contribution in [0.25, 0.3) is 0 Å². The molecule has 1 aliphatic carbocycles. The third kappa shape index (κ3) is 2.97. The lowest BCUT2D eigenvalue weighted by Crippen LogP contribution is -2.31. The van der Waals surface area contributed by atoms with Gasteiger partial charge >= 0.3 is 5.69 Å². The molecule has 5 N–H and O–H groups in total. The molecule has 0 atom stereocenters. The van der Waals surface area contributed by atoms with Gasteiger partial charge in [-0.05, 0) is 12.8 Å². The minimum Gasteiger partial charge on any atom is -0.494 e. The fraction of sp³-hybridized carbons (Fsp3) is 0.636. The van der Waals surface area contributed by atoms with Gasteiger partial charge in [0.25, 0.3) is 5.56 Å². The third-order valence-electron chi connectivity index (χ3n) is 3.15. The van der Waals surface area contributed by atoms with E-state index in [-0.39, 0.29) is 18.1 Å². The Kier molecular flexibility index (Phi) is 4.51. The first-order valence-electron chi connectivity index (χ1n) is 5.73. The molecule has 2 rings (SSSR count). The Hall–Kier alpha value is -1.56. The molecule has 0 bridgehead atoms. The summed E-state index contributed by atoms with van der Waals surface area (Å²) in [6.45, 7) is 0. The van der Waals surface area contributed by atoms with Crippen LogP contribution in [0.1, 0.15) is 44.6 Å². The lowest BCUT2D eigenvalue weighted by Gasteiger charge is -2.17. The number of hydrogen-bond acceptors (Lipinski definition) is 4. The summed E-state index contributed by atoms with van der Waals surface area (Å²) in [7, 11) is 0. The first kappa shape index (κ1) is 13.5. The SMILES string of the molecule is N.O=c1cc(O)n(C2CCCCCC2)c(=O)[nH]1. The van der Waals surface area contributed by atoms with Crippen molar-refractivity contribution < 1.29 is 5.11 Å². The Morgan fingerprint density at radius 3 is 2.29 bits per heavy atom. The van der Waals surface area contributed by atoms with Gasteiger partial charge in [-0.15, -0.1) is 0 Å². The highest BCUT2D eigenvalue weighted by Gasteiger charge is 2.18. The fourth-order valence-corrected chi connectivity index (χ4v) is 2.36. The lowest BCUT2D eigenvalue weighted by atomic mass is 10.1. The monoisotopic (exact) mass is 241 g/mol. The van der Waals surface area contributed by atoms with Crippen molar-refractivity contribution in [2.75, 3.05) is 0 Å². The highest BCUT2D eigenvalue weighted by molar-refractivity contribution is 5.07. The zero-order valence-electron chi connectivity index (χ0n) is 9.82. The van der Waals surface area contributed by atoms with E-state index in [2.05, 4.69) is 4.98 Å². The van der Waals surface area contributed by atoms with Gasteiger partial charge in [0.1, 0.15) is 0 Å². The maximum absolute atomic E-state index is 11.6. The van der Waals surface area contributed by atoms with Gasteiger partial charge in [-0.1, -0.05) is 25.7 Å². The van der Waals surface area contributed by atoms with Crippen LogP contribution < -0.4 is 17.4 Å². The Labute approximate surface area is 98.9 Å². The molecule has 17 heavy (non-hydrogen) atoms. The second-order valence-corrected chi connectivity index (χ2v) is 4.31. The van der Waals surface area contributed by atoms with Crippen LogP contribution in [0.2, 0.25) is 0 Å². The normalized spacial score (nSPS) is 17.2. The van der Waals surface area contributed by atoms with Crippen molar-refractivity contribution in [3.8, 4) is 5.88 Å². The fourth-order valence-electron chi connectivity index (χ4n) is 2.36. The highest BCUT2D eigenvalue weighted by atomic mass is 16.3. The molecule has 0 unspecified atom stereocenters. The van der Waals surface area contributed by atoms with E-state index in [1.807, 2.05) is 0 Å². The third-order valence-corrected chi connectivity index (χ3v) is 3.15. The minimum atomic E-state index is -0.549. The summed E-state index contributed by atoms with van der Waals surface area (Å²) in [5.74, 6) is -0.222. The number of aromatic amines is 1. The summed E-state index contributed by atoms with van der Waals surface area (Å²) in [6, 6.07) is 1.08. The predicted octanol–water partition coefficient (Wildman–Crippen LogP) is 1.30. The molecule has 1 aromatic heterocycles. The summed E-state index contributed by atoms with van der Waals surface area (Å²) < 4.78 is 1.31. The van der Waals surface area contributed by atoms with E-state index >= 15 is 0 Å². The number of rotatable bonds is 1. The van der Waals surface area contributed by atoms with Crippen LogP contribution in [0.15, 0.2) is 15.7 Å². The standard InChI is InChI=1S/C11H16N2O3.H3N/c14-9-7-10(15)13(11(16)12-9)8-5-3-1-2-4-6-8;/h7-8,15H,1-6H2,(H,12,14,16);1H3. The predicted molar refractivity (Wildman–Crippen MR) is 64.7 cm³/mol. The number of hydrogen-bond donors (Lipinski definition) is 3. The summed E-state index contributed by atoms with van der Waals surface area (Å²) in [4.78, 5) is 24.8. The van der Waals surface area contributed by atoms with Crippen molar-refractivity contribution in [3.05, 3.63) is 26.9 Å². The molecular weight excluding hydrogens is 222 g/mol. The van der Waals surface area contributed by atoms with Gasteiger partial charge in [-0.3, -0.25) is 14.3 Å². The van der Waals surface area contributed by atoms with Gasteiger partial charge in [0.15, 0.2) is 0 Å². The molecule has 1 heterocycles. The Balaban J connectivity index is 0.00000144. The summed E-state index contributed by atoms with van der Waals surface area (Å²) in [5.41, 5.74) is -1.05. The van der Waals surface area contributed by atoms with E-state index in [4.69, 9.17) is 0 Å². The average Bonchev–Trinajstić information content (AvgIpc) is 2.44. The summed E-state index contributed by atoms with van der Waals surface area (Å²) in [6.07, 6.45) is 6.26. The molecule has 1 aromatic rings. The van der Waals surface area contributed by atoms with Crippen LogP contribution in [-0.2, 0) is 0 Å². The van der Waals surface area contributed by atoms with Crippen LogP contribution in [0.3, 0.4) is 0 Å². The number of H-pyrrole nitrogens is 1. The largest absolute Gasteiger partial charge is 0.494 e. The molecule has 1 fully saturated rings. The van der Waals surface area contributed by atoms with E-state index in [0.29, 0.717) is 0 Å². The number of nitrogens with zero attached hydrogens (tertiary/aromatic N) is 1. The molecule has 96 valence electrons. The van der Waals surface area contributed by atoms with E-state index in [9.17, 15) is 14.7 Å². The molecular formula is C11H19N3O3. The smallest absolute Gasteiger partial charge is 0.331 e. The van der Waals surface area contributed by atoms with Crippen LogP contribution >= 0.6 is 0 Å². The molecule has 0 spiro atoms. The Bertz CT molecular complexity index is 470. The van der Waals surface area contributed by atoms with Crippen molar-refractivity contribution in [1.82, 2.24) is 15.7 Å². The van der Waals surface area contributed by atoms with Crippen molar-refractivity contribution >= 4 is 0 Å². The first-order chi connectivity index (χ1) is 7.68. The highest BCUT2D eigenvalue weighted by Crippen LogP contribution is 2.27. The maximum atomic E-state index is 11.6. The van der Waals surface area contributed by atoms with E-state index in [0.717, 1.165) is 31.7 Å². The molecule has 6 heteroatoms. The molecule has 0 aliphatic heterocycles. The Morgan fingerprint density at radius 2 is 1.76 bits per heavy atom. The van der Waals surface area contributed by atoms with Crippen LogP contribution in [0, 0.1) is 0 Å². The first-order valence-corrected chi connectivity index (χ1v) is 5.73. The second-order valence-electron chi connectivity index (χ2n) is 4.31. The zero-order chi connectivity index (χ0) is 11.5. The summed E-state index contributed by atoms with van der Waals surface area (Å²) >= 11 is 0. The van der Waals surface area contributed by atoms with Gasteiger partial charge in [0, 0.05) is 6.04 Å². The van der Waals surface area contributed by atoms with Crippen molar-refractivity contribution in [2.45, 2.75) is 44.6 Å². The van der Waals surface area contributed by atoms with Gasteiger partial charge in [-0.25, -0.2) is 4.79 Å². The maximum Gasteiger partial charge on any atom is 0.331 e. The van der Waals surface area contributed by atoms with E-state index < -0.39 is 11.2 Å². The zero-order valence-corrected chi connectivity index (χ0v) is 9.82. The van der Waals surface area contributed by atoms with Crippen LogP contribution in [0.5, 0.6) is 5.88 Å². The lowest BCUT2D eigenvalue weighted by molar-refractivity contribution is 0.340. The van der Waals surface area contributed by atoms with Gasteiger partial charge in [-0.2, -0.15) is 0 Å². The quantitative estimate of drug-likeness (QED) is 0.643. The molecule has 0 radical (unpaired) electrons. The molecule has 6 nitrogen and oxygen atoms in total. The number of aromatic nitrogens is 2. The minimum absolute atomic E-state index is 0. The van der Waals surface area contributed by atoms with Crippen LogP contribution in [-0.4, -0.2) is 14.7 Å². The molecule has 1 saturated carbocycles. The summed E-state index contributed by atoms with van der Waals surface area (Å²) in [5, 5.41) is 9.66. The number of nitrogens with one attached hydrogen (secondary N) is 1.